The second-order valence-electron chi connectivity index (χ2n) is 4.33. The normalized spacial score (nSPS) is 10.3. The molecule has 8 heteroatoms. The van der Waals surface area contributed by atoms with Crippen LogP contribution in [0.3, 0.4) is 0 Å². The van der Waals surface area contributed by atoms with Gasteiger partial charge in [0, 0.05) is 18.6 Å². The molecule has 110 valence electrons. The maximum Gasteiger partial charge on any atom is 0.265 e. The first-order valence-electron chi connectivity index (χ1n) is 6.11. The number of hydrogen-bond acceptors (Lipinski definition) is 4. The Balaban J connectivity index is 2.00. The number of benzene rings is 1. The van der Waals surface area contributed by atoms with Crippen molar-refractivity contribution in [3.8, 4) is 0 Å². The van der Waals surface area contributed by atoms with Crippen molar-refractivity contribution in [3.05, 3.63) is 56.9 Å². The molecule has 0 saturated carbocycles. The van der Waals surface area contributed by atoms with Crippen LogP contribution in [0.2, 0.25) is 0 Å². The lowest BCUT2D eigenvalue weighted by molar-refractivity contribution is -0.116. The number of nitrogens with one attached hydrogen (secondary N) is 2. The van der Waals surface area contributed by atoms with Crippen LogP contribution in [0.4, 0.5) is 15.8 Å². The van der Waals surface area contributed by atoms with Crippen molar-refractivity contribution in [2.75, 3.05) is 11.1 Å². The molecule has 0 atom stereocenters. The number of aromatic nitrogens is 2. The van der Waals surface area contributed by atoms with E-state index in [1.165, 1.54) is 12.1 Å². The molecule has 1 heterocycles. The minimum absolute atomic E-state index is 0.0157. The molecule has 7 nitrogen and oxygen atoms in total. The third-order valence-corrected chi connectivity index (χ3v) is 2.74. The number of nitrogens with two attached hydrogens (primary N) is 1. The summed E-state index contributed by atoms with van der Waals surface area (Å²) in [6.07, 6.45) is -0.0450. The van der Waals surface area contributed by atoms with E-state index in [0.29, 0.717) is 0 Å². The number of aryl methyl sites for hydroxylation is 1. The van der Waals surface area contributed by atoms with E-state index in [1.54, 1.807) is 0 Å². The standard InChI is InChI=1S/C13H13FN4O3/c14-8-1-2-10(9(15)7-8)16-11(19)5-6-18-13(21)4-3-12(20)17-18/h1-4,7H,5-6,15H2,(H,16,19)(H,17,20). The van der Waals surface area contributed by atoms with Gasteiger partial charge in [0.2, 0.25) is 5.91 Å². The van der Waals surface area contributed by atoms with Crippen LogP contribution >= 0.6 is 0 Å². The van der Waals surface area contributed by atoms with E-state index >= 15 is 0 Å². The fourth-order valence-corrected chi connectivity index (χ4v) is 1.70. The number of nitrogen functional groups attached to an aromatic ring is 1. The lowest BCUT2D eigenvalue weighted by Gasteiger charge is -2.09. The zero-order valence-electron chi connectivity index (χ0n) is 10.9. The van der Waals surface area contributed by atoms with Crippen molar-refractivity contribution in [2.24, 2.45) is 0 Å². The molecule has 0 unspecified atom stereocenters. The van der Waals surface area contributed by atoms with Crippen molar-refractivity contribution >= 4 is 17.3 Å². The summed E-state index contributed by atoms with van der Waals surface area (Å²) in [4.78, 5) is 34.3. The lowest BCUT2D eigenvalue weighted by Crippen LogP contribution is -2.29. The quantitative estimate of drug-likeness (QED) is 0.703. The number of anilines is 2. The van der Waals surface area contributed by atoms with Gasteiger partial charge in [-0.2, -0.15) is 0 Å². The van der Waals surface area contributed by atoms with Gasteiger partial charge < -0.3 is 11.1 Å². The van der Waals surface area contributed by atoms with Crippen molar-refractivity contribution in [3.63, 3.8) is 0 Å². The van der Waals surface area contributed by atoms with Crippen LogP contribution in [0.1, 0.15) is 6.42 Å². The van der Waals surface area contributed by atoms with Crippen LogP contribution in [0, 0.1) is 5.82 Å². The smallest absolute Gasteiger partial charge is 0.265 e. The first-order chi connectivity index (χ1) is 9.95. The van der Waals surface area contributed by atoms with Gasteiger partial charge in [0.15, 0.2) is 0 Å². The topological polar surface area (TPSA) is 110 Å². The predicted molar refractivity (Wildman–Crippen MR) is 75.4 cm³/mol. The van der Waals surface area contributed by atoms with E-state index in [4.69, 9.17) is 5.73 Å². The highest BCUT2D eigenvalue weighted by molar-refractivity contribution is 5.93. The van der Waals surface area contributed by atoms with Crippen LogP contribution in [0.5, 0.6) is 0 Å². The van der Waals surface area contributed by atoms with E-state index < -0.39 is 22.8 Å². The fourth-order valence-electron chi connectivity index (χ4n) is 1.70. The van der Waals surface area contributed by atoms with Crippen LogP contribution < -0.4 is 22.2 Å². The molecule has 1 aromatic carbocycles. The molecule has 4 N–H and O–H groups in total. The maximum absolute atomic E-state index is 12.9. The van der Waals surface area contributed by atoms with Gasteiger partial charge in [-0.3, -0.25) is 19.5 Å². The average molecular weight is 292 g/mol. The van der Waals surface area contributed by atoms with Crippen molar-refractivity contribution in [2.45, 2.75) is 13.0 Å². The highest BCUT2D eigenvalue weighted by Gasteiger charge is 2.07. The molecule has 2 aromatic rings. The number of hydrogen-bond donors (Lipinski definition) is 3. The monoisotopic (exact) mass is 292 g/mol. The molecule has 0 radical (unpaired) electrons. The zero-order chi connectivity index (χ0) is 15.4. The maximum atomic E-state index is 12.9. The second-order valence-corrected chi connectivity index (χ2v) is 4.33. The summed E-state index contributed by atoms with van der Waals surface area (Å²) in [7, 11) is 0. The zero-order valence-corrected chi connectivity index (χ0v) is 10.9. The average Bonchev–Trinajstić information content (AvgIpc) is 2.43. The van der Waals surface area contributed by atoms with Gasteiger partial charge in [-0.1, -0.05) is 0 Å². The molecule has 21 heavy (non-hydrogen) atoms. The van der Waals surface area contributed by atoms with Gasteiger partial charge in [-0.05, 0) is 18.2 Å². The highest BCUT2D eigenvalue weighted by Crippen LogP contribution is 2.19. The molecule has 0 fully saturated rings. The van der Waals surface area contributed by atoms with Crippen molar-refractivity contribution in [1.82, 2.24) is 9.78 Å². The molecule has 0 aliphatic heterocycles. The number of amides is 1. The minimum atomic E-state index is -0.501. The fraction of sp³-hybridized carbons (Fsp3) is 0.154. The predicted octanol–water partition coefficient (Wildman–Crippen LogP) is 0.287. The highest BCUT2D eigenvalue weighted by atomic mass is 19.1. The molecule has 1 amide bonds. The van der Waals surface area contributed by atoms with E-state index in [2.05, 4.69) is 10.4 Å². The minimum Gasteiger partial charge on any atom is -0.397 e. The Hall–Kier alpha value is -2.90. The summed E-state index contributed by atoms with van der Waals surface area (Å²) < 4.78 is 13.9. The van der Waals surface area contributed by atoms with E-state index in [1.807, 2.05) is 0 Å². The van der Waals surface area contributed by atoms with Crippen LogP contribution in [0.15, 0.2) is 39.9 Å². The Kier molecular flexibility index (Phi) is 4.17. The van der Waals surface area contributed by atoms with Crippen LogP contribution in [0.25, 0.3) is 0 Å². The number of nitrogens with zero attached hydrogens (tertiary/aromatic N) is 1. The van der Waals surface area contributed by atoms with Gasteiger partial charge in [0.1, 0.15) is 5.82 Å². The third kappa shape index (κ3) is 3.78. The summed E-state index contributed by atoms with van der Waals surface area (Å²) in [6, 6.07) is 5.84. The van der Waals surface area contributed by atoms with Gasteiger partial charge in [0.25, 0.3) is 11.1 Å². The number of aromatic amines is 1. The summed E-state index contributed by atoms with van der Waals surface area (Å²) in [5.74, 6) is -0.913. The molecule has 0 aliphatic rings. The molecule has 0 aliphatic carbocycles. The number of carbonyl (C=O) groups is 1. The SMILES string of the molecule is Nc1cc(F)ccc1NC(=O)CCn1[nH]c(=O)ccc1=O. The Labute approximate surface area is 118 Å². The first-order valence-corrected chi connectivity index (χ1v) is 6.11. The molecular weight excluding hydrogens is 279 g/mol. The number of halogens is 1. The van der Waals surface area contributed by atoms with E-state index in [0.717, 1.165) is 22.9 Å². The summed E-state index contributed by atoms with van der Waals surface area (Å²) in [5.41, 5.74) is 5.11. The Morgan fingerprint density at radius 1 is 1.29 bits per heavy atom. The molecule has 1 aromatic heterocycles. The number of rotatable bonds is 4. The summed E-state index contributed by atoms with van der Waals surface area (Å²) >= 11 is 0. The van der Waals surface area contributed by atoms with Gasteiger partial charge in [-0.25, -0.2) is 9.07 Å². The summed E-state index contributed by atoms with van der Waals surface area (Å²) in [5, 5.41) is 4.81. The Bertz CT molecular complexity index is 781. The van der Waals surface area contributed by atoms with Crippen molar-refractivity contribution < 1.29 is 9.18 Å². The largest absolute Gasteiger partial charge is 0.397 e. The van der Waals surface area contributed by atoms with Gasteiger partial charge in [-0.15, -0.1) is 0 Å². The van der Waals surface area contributed by atoms with E-state index in [-0.39, 0.29) is 24.3 Å². The van der Waals surface area contributed by atoms with Gasteiger partial charge in [0.05, 0.1) is 17.9 Å². The molecule has 0 bridgehead atoms. The van der Waals surface area contributed by atoms with Gasteiger partial charge >= 0.3 is 0 Å². The molecular formula is C13H13FN4O3. The Morgan fingerprint density at radius 3 is 2.76 bits per heavy atom. The number of carbonyl (C=O) groups excluding carboxylic acids is 1. The Morgan fingerprint density at radius 2 is 2.05 bits per heavy atom. The lowest BCUT2D eigenvalue weighted by atomic mass is 10.2. The summed E-state index contributed by atoms with van der Waals surface area (Å²) in [6.45, 7) is 0.0157. The van der Waals surface area contributed by atoms with Crippen molar-refractivity contribution in [1.29, 1.82) is 0 Å². The third-order valence-electron chi connectivity index (χ3n) is 2.74. The molecule has 0 saturated heterocycles. The van der Waals surface area contributed by atoms with Crippen LogP contribution in [-0.4, -0.2) is 15.7 Å². The second kappa shape index (κ2) is 6.04. The van der Waals surface area contributed by atoms with Crippen LogP contribution in [-0.2, 0) is 11.3 Å². The molecule has 0 spiro atoms. The number of H-pyrrole nitrogens is 1. The molecule has 2 rings (SSSR count). The van der Waals surface area contributed by atoms with E-state index in [9.17, 15) is 18.8 Å². The first kappa shape index (κ1) is 14.5.